The van der Waals surface area contributed by atoms with Crippen molar-refractivity contribution in [1.82, 2.24) is 0 Å². The van der Waals surface area contributed by atoms with Crippen LogP contribution in [-0.4, -0.2) is 18.4 Å². The molecule has 138 valence electrons. The van der Waals surface area contributed by atoms with Crippen molar-refractivity contribution in [2.75, 3.05) is 17.2 Å². The van der Waals surface area contributed by atoms with Crippen LogP contribution in [0.3, 0.4) is 0 Å². The van der Waals surface area contributed by atoms with Gasteiger partial charge in [0.2, 0.25) is 5.91 Å². The molecule has 3 rings (SSSR count). The Morgan fingerprint density at radius 3 is 2.19 bits per heavy atom. The van der Waals surface area contributed by atoms with E-state index in [2.05, 4.69) is 10.6 Å². The molecule has 1 atom stereocenters. The van der Waals surface area contributed by atoms with E-state index in [9.17, 15) is 9.59 Å². The normalized spacial score (nSPS) is 11.6. The van der Waals surface area contributed by atoms with E-state index in [1.165, 1.54) is 6.92 Å². The van der Waals surface area contributed by atoms with E-state index in [1.807, 2.05) is 47.8 Å². The minimum atomic E-state index is -0.133. The molecule has 0 radical (unpaired) electrons. The highest BCUT2D eigenvalue weighted by Crippen LogP contribution is 2.18. The summed E-state index contributed by atoms with van der Waals surface area (Å²) in [5.74, 6) is 0.551. The van der Waals surface area contributed by atoms with Crippen LogP contribution in [0.2, 0.25) is 0 Å². The van der Waals surface area contributed by atoms with Crippen molar-refractivity contribution >= 4 is 23.2 Å². The second-order valence-corrected chi connectivity index (χ2v) is 6.15. The Bertz CT molecular complexity index is 875. The Hall–Kier alpha value is -3.38. The molecule has 0 aliphatic heterocycles. The van der Waals surface area contributed by atoms with E-state index in [1.54, 1.807) is 30.5 Å². The van der Waals surface area contributed by atoms with Gasteiger partial charge in [-0.3, -0.25) is 9.59 Å². The SMILES string of the molecule is CC(=O)Nc1ccc(NC(=O)C[NH2+][C@H](c2ccccc2)c2ccco2)cc1. The first kappa shape index (κ1) is 18.4. The molecule has 0 aliphatic rings. The van der Waals surface area contributed by atoms with E-state index in [-0.39, 0.29) is 24.4 Å². The Balaban J connectivity index is 1.60. The van der Waals surface area contributed by atoms with Gasteiger partial charge in [0.1, 0.15) is 0 Å². The molecule has 0 aliphatic carbocycles. The van der Waals surface area contributed by atoms with Crippen molar-refractivity contribution in [3.05, 3.63) is 84.3 Å². The number of nitrogens with two attached hydrogens (primary N) is 1. The lowest BCUT2D eigenvalue weighted by Crippen LogP contribution is -2.87. The number of amides is 2. The van der Waals surface area contributed by atoms with Gasteiger partial charge in [0.25, 0.3) is 5.91 Å². The van der Waals surface area contributed by atoms with Crippen LogP contribution in [-0.2, 0) is 9.59 Å². The highest BCUT2D eigenvalue weighted by Gasteiger charge is 2.21. The van der Waals surface area contributed by atoms with Gasteiger partial charge >= 0.3 is 0 Å². The van der Waals surface area contributed by atoms with Crippen molar-refractivity contribution in [3.8, 4) is 0 Å². The maximum absolute atomic E-state index is 12.3. The first-order valence-electron chi connectivity index (χ1n) is 8.71. The Kier molecular flexibility index (Phi) is 6.02. The number of nitrogens with one attached hydrogen (secondary N) is 2. The van der Waals surface area contributed by atoms with E-state index in [0.717, 1.165) is 11.3 Å². The third kappa shape index (κ3) is 5.29. The zero-order valence-electron chi connectivity index (χ0n) is 15.0. The molecule has 0 saturated carbocycles. The summed E-state index contributed by atoms with van der Waals surface area (Å²) in [5.41, 5.74) is 2.44. The summed E-state index contributed by atoms with van der Waals surface area (Å²) >= 11 is 0. The van der Waals surface area contributed by atoms with Crippen molar-refractivity contribution < 1.29 is 19.3 Å². The second-order valence-electron chi connectivity index (χ2n) is 6.15. The first-order chi connectivity index (χ1) is 13.1. The largest absolute Gasteiger partial charge is 0.463 e. The molecule has 6 nitrogen and oxygen atoms in total. The topological polar surface area (TPSA) is 88.0 Å². The van der Waals surface area contributed by atoms with Gasteiger partial charge in [-0.1, -0.05) is 30.3 Å². The molecule has 6 heteroatoms. The van der Waals surface area contributed by atoms with Crippen LogP contribution in [0.1, 0.15) is 24.3 Å². The van der Waals surface area contributed by atoms with E-state index >= 15 is 0 Å². The van der Waals surface area contributed by atoms with Crippen molar-refractivity contribution in [2.45, 2.75) is 13.0 Å². The van der Waals surface area contributed by atoms with Crippen LogP contribution in [0, 0.1) is 0 Å². The summed E-state index contributed by atoms with van der Waals surface area (Å²) in [6.45, 7) is 1.70. The van der Waals surface area contributed by atoms with Gasteiger partial charge in [-0.15, -0.1) is 0 Å². The number of furan rings is 1. The first-order valence-corrected chi connectivity index (χ1v) is 8.71. The molecule has 0 saturated heterocycles. The molecular formula is C21H22N3O3+. The van der Waals surface area contributed by atoms with E-state index in [0.29, 0.717) is 11.4 Å². The fourth-order valence-electron chi connectivity index (χ4n) is 2.82. The number of hydrogen-bond donors (Lipinski definition) is 3. The molecule has 1 aromatic heterocycles. The van der Waals surface area contributed by atoms with Crippen molar-refractivity contribution in [3.63, 3.8) is 0 Å². The maximum atomic E-state index is 12.3. The molecule has 2 aromatic carbocycles. The van der Waals surface area contributed by atoms with Crippen LogP contribution in [0.5, 0.6) is 0 Å². The number of hydrogen-bond acceptors (Lipinski definition) is 3. The number of quaternary nitrogens is 1. The van der Waals surface area contributed by atoms with Gasteiger partial charge in [-0.05, 0) is 36.4 Å². The van der Waals surface area contributed by atoms with E-state index < -0.39 is 0 Å². The summed E-state index contributed by atoms with van der Waals surface area (Å²) < 4.78 is 5.55. The lowest BCUT2D eigenvalue weighted by Gasteiger charge is -2.14. The molecule has 1 heterocycles. The Labute approximate surface area is 157 Å². The molecule has 3 aromatic rings. The van der Waals surface area contributed by atoms with Gasteiger partial charge in [-0.2, -0.15) is 0 Å². The third-order valence-corrected chi connectivity index (χ3v) is 4.04. The van der Waals surface area contributed by atoms with Crippen LogP contribution in [0.4, 0.5) is 11.4 Å². The average Bonchev–Trinajstić information content (AvgIpc) is 3.18. The quantitative estimate of drug-likeness (QED) is 0.602. The van der Waals surface area contributed by atoms with Crippen LogP contribution in [0.25, 0.3) is 0 Å². The summed E-state index contributed by atoms with van der Waals surface area (Å²) in [5, 5.41) is 7.49. The van der Waals surface area contributed by atoms with Crippen LogP contribution < -0.4 is 16.0 Å². The zero-order valence-corrected chi connectivity index (χ0v) is 15.0. The monoisotopic (exact) mass is 364 g/mol. The van der Waals surface area contributed by atoms with Gasteiger partial charge in [-0.25, -0.2) is 0 Å². The van der Waals surface area contributed by atoms with Crippen LogP contribution in [0.15, 0.2) is 77.4 Å². The van der Waals surface area contributed by atoms with Crippen LogP contribution >= 0.6 is 0 Å². The highest BCUT2D eigenvalue weighted by molar-refractivity contribution is 5.92. The number of anilines is 2. The summed E-state index contributed by atoms with van der Waals surface area (Å²) in [7, 11) is 0. The van der Waals surface area contributed by atoms with E-state index in [4.69, 9.17) is 4.42 Å². The van der Waals surface area contributed by atoms with Gasteiger partial charge < -0.3 is 20.4 Å². The summed E-state index contributed by atoms with van der Waals surface area (Å²) in [6.07, 6.45) is 1.63. The molecule has 0 fully saturated rings. The minimum absolute atomic E-state index is 0.0888. The molecule has 4 N–H and O–H groups in total. The fourth-order valence-corrected chi connectivity index (χ4v) is 2.82. The summed E-state index contributed by atoms with van der Waals surface area (Å²) in [6, 6.07) is 20.6. The third-order valence-electron chi connectivity index (χ3n) is 4.04. The predicted molar refractivity (Wildman–Crippen MR) is 103 cm³/mol. The second kappa shape index (κ2) is 8.82. The number of benzene rings is 2. The summed E-state index contributed by atoms with van der Waals surface area (Å²) in [4.78, 5) is 23.4. The number of rotatable bonds is 7. The molecule has 0 spiro atoms. The van der Waals surface area contributed by atoms with Gasteiger partial charge in [0, 0.05) is 23.9 Å². The molecule has 27 heavy (non-hydrogen) atoms. The van der Waals surface area contributed by atoms with Gasteiger partial charge in [0.05, 0.1) is 6.26 Å². The lowest BCUT2D eigenvalue weighted by atomic mass is 10.0. The molecule has 2 amide bonds. The average molecular weight is 364 g/mol. The zero-order chi connectivity index (χ0) is 19.1. The predicted octanol–water partition coefficient (Wildman–Crippen LogP) is 2.53. The number of carbonyl (C=O) groups excluding carboxylic acids is 2. The molecule has 0 unspecified atom stereocenters. The molecule has 0 bridgehead atoms. The highest BCUT2D eigenvalue weighted by atomic mass is 16.3. The maximum Gasteiger partial charge on any atom is 0.279 e. The molecular weight excluding hydrogens is 342 g/mol. The fraction of sp³-hybridized carbons (Fsp3) is 0.143. The smallest absolute Gasteiger partial charge is 0.279 e. The van der Waals surface area contributed by atoms with Crippen molar-refractivity contribution in [1.29, 1.82) is 0 Å². The van der Waals surface area contributed by atoms with Crippen molar-refractivity contribution in [2.24, 2.45) is 0 Å². The Morgan fingerprint density at radius 1 is 0.926 bits per heavy atom. The minimum Gasteiger partial charge on any atom is -0.463 e. The van der Waals surface area contributed by atoms with Gasteiger partial charge in [0.15, 0.2) is 18.3 Å². The lowest BCUT2D eigenvalue weighted by molar-refractivity contribution is -0.678. The standard InChI is InChI=1S/C21H21N3O3/c1-15(25)23-17-9-11-18(12-10-17)24-20(26)14-22-21(19-8-5-13-27-19)16-6-3-2-4-7-16/h2-13,21-22H,14H2,1H3,(H,23,25)(H,24,26)/p+1/t21-/m1/s1. The Morgan fingerprint density at radius 2 is 1.59 bits per heavy atom. The number of carbonyl (C=O) groups is 2.